The maximum Gasteiger partial charge on any atom is 0.422 e. The second-order valence-electron chi connectivity index (χ2n) is 4.88. The van der Waals surface area contributed by atoms with Crippen LogP contribution in [0.3, 0.4) is 0 Å². The standard InChI is InChI=1S/C16H16F3N3O3/c17-16(18,19)10-25-14-3-1-2-13(22-14)15(23)21-11-4-6-12(7-5-11)24-9-8-20/h1-7H,8-10,20H2,(H,21,23). The topological polar surface area (TPSA) is 86.5 Å². The zero-order valence-corrected chi connectivity index (χ0v) is 13.0. The Hall–Kier alpha value is -2.81. The lowest BCUT2D eigenvalue weighted by atomic mass is 10.2. The van der Waals surface area contributed by atoms with Crippen LogP contribution in [0.4, 0.5) is 18.9 Å². The summed E-state index contributed by atoms with van der Waals surface area (Å²) in [4.78, 5) is 15.9. The molecule has 0 fully saturated rings. The number of aromatic nitrogens is 1. The molecule has 0 atom stereocenters. The van der Waals surface area contributed by atoms with E-state index in [2.05, 4.69) is 15.0 Å². The van der Waals surface area contributed by atoms with E-state index in [-0.39, 0.29) is 11.6 Å². The number of amides is 1. The first kappa shape index (κ1) is 18.5. The first-order chi connectivity index (χ1) is 11.9. The Balaban J connectivity index is 1.98. The number of benzene rings is 1. The Bertz CT molecular complexity index is 706. The number of carbonyl (C=O) groups excluding carboxylic acids is 1. The molecular weight excluding hydrogens is 339 g/mol. The van der Waals surface area contributed by atoms with Crippen molar-refractivity contribution >= 4 is 11.6 Å². The molecule has 2 rings (SSSR count). The fourth-order valence-corrected chi connectivity index (χ4v) is 1.78. The zero-order valence-electron chi connectivity index (χ0n) is 13.0. The molecule has 0 saturated heterocycles. The predicted octanol–water partition coefficient (Wildman–Crippen LogP) is 2.61. The summed E-state index contributed by atoms with van der Waals surface area (Å²) in [7, 11) is 0. The molecule has 3 N–H and O–H groups in total. The monoisotopic (exact) mass is 355 g/mol. The van der Waals surface area contributed by atoms with Crippen molar-refractivity contribution in [1.82, 2.24) is 4.98 Å². The Kier molecular flexibility index (Phi) is 6.18. The van der Waals surface area contributed by atoms with Gasteiger partial charge in [-0.3, -0.25) is 4.79 Å². The van der Waals surface area contributed by atoms with Gasteiger partial charge in [-0.1, -0.05) is 6.07 Å². The largest absolute Gasteiger partial charge is 0.492 e. The molecule has 2 aromatic rings. The summed E-state index contributed by atoms with van der Waals surface area (Å²) in [5, 5.41) is 2.58. The molecule has 0 aliphatic carbocycles. The zero-order chi connectivity index (χ0) is 18.3. The Labute approximate surface area is 141 Å². The van der Waals surface area contributed by atoms with Crippen molar-refractivity contribution in [3.63, 3.8) is 0 Å². The summed E-state index contributed by atoms with van der Waals surface area (Å²) in [5.41, 5.74) is 5.75. The molecule has 9 heteroatoms. The van der Waals surface area contributed by atoms with E-state index in [0.29, 0.717) is 24.6 Å². The van der Waals surface area contributed by atoms with Crippen molar-refractivity contribution in [1.29, 1.82) is 0 Å². The first-order valence-corrected chi connectivity index (χ1v) is 7.28. The molecule has 0 unspecified atom stereocenters. The van der Waals surface area contributed by atoms with Gasteiger partial charge in [-0.2, -0.15) is 13.2 Å². The molecule has 6 nitrogen and oxygen atoms in total. The number of hydrogen-bond donors (Lipinski definition) is 2. The van der Waals surface area contributed by atoms with Crippen molar-refractivity contribution in [3.05, 3.63) is 48.2 Å². The van der Waals surface area contributed by atoms with E-state index in [1.54, 1.807) is 24.3 Å². The third kappa shape index (κ3) is 6.30. The Morgan fingerprint density at radius 2 is 1.84 bits per heavy atom. The van der Waals surface area contributed by atoms with Gasteiger partial charge < -0.3 is 20.5 Å². The predicted molar refractivity (Wildman–Crippen MR) is 84.7 cm³/mol. The highest BCUT2D eigenvalue weighted by atomic mass is 19.4. The van der Waals surface area contributed by atoms with Gasteiger partial charge in [-0.05, 0) is 30.3 Å². The van der Waals surface area contributed by atoms with Crippen LogP contribution >= 0.6 is 0 Å². The third-order valence-corrected chi connectivity index (χ3v) is 2.84. The highest BCUT2D eigenvalue weighted by Crippen LogP contribution is 2.18. The van der Waals surface area contributed by atoms with E-state index in [0.717, 1.165) is 0 Å². The SMILES string of the molecule is NCCOc1ccc(NC(=O)c2cccc(OCC(F)(F)F)n2)cc1. The molecule has 0 saturated carbocycles. The van der Waals surface area contributed by atoms with Crippen LogP contribution in [0, 0.1) is 0 Å². The first-order valence-electron chi connectivity index (χ1n) is 7.28. The highest BCUT2D eigenvalue weighted by molar-refractivity contribution is 6.02. The van der Waals surface area contributed by atoms with E-state index in [4.69, 9.17) is 10.5 Å². The summed E-state index contributed by atoms with van der Waals surface area (Å²) in [6.07, 6.45) is -4.48. The van der Waals surface area contributed by atoms with Gasteiger partial charge in [0.1, 0.15) is 18.1 Å². The van der Waals surface area contributed by atoms with Crippen LogP contribution in [0.5, 0.6) is 11.6 Å². The van der Waals surface area contributed by atoms with Gasteiger partial charge in [0.15, 0.2) is 6.61 Å². The number of nitrogens with zero attached hydrogens (tertiary/aromatic N) is 1. The number of carbonyl (C=O) groups is 1. The van der Waals surface area contributed by atoms with Crippen molar-refractivity contribution in [2.45, 2.75) is 6.18 Å². The molecule has 1 aromatic carbocycles. The second-order valence-corrected chi connectivity index (χ2v) is 4.88. The molecule has 134 valence electrons. The fourth-order valence-electron chi connectivity index (χ4n) is 1.78. The molecule has 0 aliphatic heterocycles. The van der Waals surface area contributed by atoms with Crippen molar-refractivity contribution in [3.8, 4) is 11.6 Å². The molecule has 0 bridgehead atoms. The molecule has 0 aliphatic rings. The minimum absolute atomic E-state index is 0.0665. The number of anilines is 1. The Morgan fingerprint density at radius 1 is 1.12 bits per heavy atom. The van der Waals surface area contributed by atoms with E-state index < -0.39 is 18.7 Å². The third-order valence-electron chi connectivity index (χ3n) is 2.84. The molecule has 0 radical (unpaired) electrons. The fraction of sp³-hybridized carbons (Fsp3) is 0.250. The highest BCUT2D eigenvalue weighted by Gasteiger charge is 2.28. The quantitative estimate of drug-likeness (QED) is 0.797. The van der Waals surface area contributed by atoms with Gasteiger partial charge in [0, 0.05) is 18.3 Å². The van der Waals surface area contributed by atoms with Gasteiger partial charge in [0.05, 0.1) is 0 Å². The molecule has 0 spiro atoms. The number of ether oxygens (including phenoxy) is 2. The number of nitrogens with two attached hydrogens (primary N) is 1. The van der Waals surface area contributed by atoms with Crippen LogP contribution in [-0.2, 0) is 0 Å². The average Bonchev–Trinajstić information content (AvgIpc) is 2.59. The number of rotatable bonds is 7. The van der Waals surface area contributed by atoms with E-state index in [1.807, 2.05) is 0 Å². The smallest absolute Gasteiger partial charge is 0.422 e. The van der Waals surface area contributed by atoms with Crippen LogP contribution in [0.1, 0.15) is 10.5 Å². The number of halogens is 3. The minimum atomic E-state index is -4.48. The van der Waals surface area contributed by atoms with Crippen LogP contribution in [0.15, 0.2) is 42.5 Å². The lowest BCUT2D eigenvalue weighted by Gasteiger charge is -2.10. The molecule has 25 heavy (non-hydrogen) atoms. The number of alkyl halides is 3. The van der Waals surface area contributed by atoms with Gasteiger partial charge in [0.25, 0.3) is 5.91 Å². The lowest BCUT2D eigenvalue weighted by molar-refractivity contribution is -0.154. The molecular formula is C16H16F3N3O3. The molecule has 1 amide bonds. The summed E-state index contributed by atoms with van der Waals surface area (Å²) in [5.74, 6) is -0.257. The van der Waals surface area contributed by atoms with E-state index >= 15 is 0 Å². The van der Waals surface area contributed by atoms with Gasteiger partial charge >= 0.3 is 6.18 Å². The van der Waals surface area contributed by atoms with Crippen LogP contribution in [0.2, 0.25) is 0 Å². The Morgan fingerprint density at radius 3 is 2.48 bits per heavy atom. The molecule has 1 heterocycles. The van der Waals surface area contributed by atoms with Gasteiger partial charge in [-0.15, -0.1) is 0 Å². The van der Waals surface area contributed by atoms with Crippen molar-refractivity contribution in [2.24, 2.45) is 5.73 Å². The van der Waals surface area contributed by atoms with Crippen molar-refractivity contribution in [2.75, 3.05) is 25.1 Å². The average molecular weight is 355 g/mol. The summed E-state index contributed by atoms with van der Waals surface area (Å²) in [6, 6.07) is 10.5. The van der Waals surface area contributed by atoms with Crippen LogP contribution in [0.25, 0.3) is 0 Å². The molecule has 1 aromatic heterocycles. The van der Waals surface area contributed by atoms with Crippen LogP contribution < -0.4 is 20.5 Å². The van der Waals surface area contributed by atoms with E-state index in [9.17, 15) is 18.0 Å². The summed E-state index contributed by atoms with van der Waals surface area (Å²) >= 11 is 0. The number of hydrogen-bond acceptors (Lipinski definition) is 5. The van der Waals surface area contributed by atoms with Crippen molar-refractivity contribution < 1.29 is 27.4 Å². The number of nitrogens with one attached hydrogen (secondary N) is 1. The lowest BCUT2D eigenvalue weighted by Crippen LogP contribution is -2.20. The maximum atomic E-state index is 12.1. The number of pyridine rings is 1. The maximum absolute atomic E-state index is 12.1. The summed E-state index contributed by atoms with van der Waals surface area (Å²) < 4.78 is 46.3. The van der Waals surface area contributed by atoms with E-state index in [1.165, 1.54) is 18.2 Å². The van der Waals surface area contributed by atoms with Gasteiger partial charge in [-0.25, -0.2) is 4.98 Å². The summed E-state index contributed by atoms with van der Waals surface area (Å²) in [6.45, 7) is -0.716. The van der Waals surface area contributed by atoms with Gasteiger partial charge in [0.2, 0.25) is 5.88 Å². The second kappa shape index (κ2) is 8.34. The normalized spacial score (nSPS) is 11.0. The minimum Gasteiger partial charge on any atom is -0.492 e. The van der Waals surface area contributed by atoms with Crippen LogP contribution in [-0.4, -0.2) is 36.8 Å².